The van der Waals surface area contributed by atoms with E-state index in [-0.39, 0.29) is 0 Å². The molecule has 0 aliphatic rings. The summed E-state index contributed by atoms with van der Waals surface area (Å²) in [7, 11) is 0. The molecule has 0 saturated carbocycles. The van der Waals surface area contributed by atoms with Crippen LogP contribution in [-0.4, -0.2) is 14.7 Å². The Labute approximate surface area is 169 Å². The molecule has 0 unspecified atom stereocenters. The zero-order valence-corrected chi connectivity index (χ0v) is 16.6. The highest BCUT2D eigenvalue weighted by Crippen LogP contribution is 2.30. The van der Waals surface area contributed by atoms with Crippen LogP contribution in [0.4, 0.5) is 0 Å². The van der Waals surface area contributed by atoms with Crippen LogP contribution in [0.15, 0.2) is 85.2 Å². The molecule has 0 fully saturated rings. The number of benzene rings is 3. The van der Waals surface area contributed by atoms with Gasteiger partial charge in [0, 0.05) is 23.6 Å². The van der Waals surface area contributed by atoms with Crippen LogP contribution in [0.3, 0.4) is 0 Å². The van der Waals surface area contributed by atoms with Gasteiger partial charge in [0.05, 0.1) is 10.6 Å². The number of nitrogens with zero attached hydrogens (tertiary/aromatic N) is 2. The molecule has 0 radical (unpaired) electrons. The Bertz CT molecular complexity index is 1110. The van der Waals surface area contributed by atoms with Gasteiger partial charge in [0.25, 0.3) is 0 Å². The first-order chi connectivity index (χ1) is 13.4. The van der Waals surface area contributed by atoms with E-state index in [2.05, 4.69) is 35.3 Å². The fourth-order valence-electron chi connectivity index (χ4n) is 3.25. The summed E-state index contributed by atoms with van der Waals surface area (Å²) in [5, 5.41) is 10.9. The minimum absolute atomic E-state index is 0.676. The highest BCUT2D eigenvalue weighted by molar-refractivity contribution is 6.33. The van der Waals surface area contributed by atoms with Gasteiger partial charge in [-0.3, -0.25) is 4.57 Å². The molecule has 3 nitrogen and oxygen atoms in total. The van der Waals surface area contributed by atoms with Crippen molar-refractivity contribution in [2.75, 3.05) is 0 Å². The number of rotatable bonds is 4. The molecule has 1 heterocycles. The molecule has 0 aliphatic heterocycles. The van der Waals surface area contributed by atoms with Crippen LogP contribution in [0.2, 0.25) is 5.02 Å². The molecule has 0 spiro atoms. The molecule has 0 amide bonds. The summed E-state index contributed by atoms with van der Waals surface area (Å²) in [5.74, 6) is 0.808. The largest absolute Gasteiger partial charge is 0.386 e. The molecule has 28 heavy (non-hydrogen) atoms. The van der Waals surface area contributed by atoms with Crippen molar-refractivity contribution < 1.29 is 5.11 Å². The lowest BCUT2D eigenvalue weighted by molar-refractivity contribution is 0.0786. The highest BCUT2D eigenvalue weighted by Gasteiger charge is 2.16. The summed E-state index contributed by atoms with van der Waals surface area (Å²) in [6, 6.07) is 24.0. The lowest BCUT2D eigenvalue weighted by Crippen LogP contribution is -2.15. The third-order valence-electron chi connectivity index (χ3n) is 4.80. The second kappa shape index (κ2) is 7.27. The third kappa shape index (κ3) is 3.59. The molecule has 0 aliphatic carbocycles. The van der Waals surface area contributed by atoms with Crippen molar-refractivity contribution in [2.45, 2.75) is 19.4 Å². The molecule has 0 saturated heterocycles. The molecule has 4 heteroatoms. The normalized spacial score (nSPS) is 11.6. The van der Waals surface area contributed by atoms with Gasteiger partial charge in [0.2, 0.25) is 0 Å². The maximum atomic E-state index is 10.3. The highest BCUT2D eigenvalue weighted by atomic mass is 35.5. The molecular weight excluding hydrogens is 368 g/mol. The molecule has 0 bridgehead atoms. The van der Waals surface area contributed by atoms with Crippen LogP contribution in [0.5, 0.6) is 0 Å². The fourth-order valence-corrected chi connectivity index (χ4v) is 3.47. The number of hydrogen-bond donors (Lipinski definition) is 1. The molecule has 0 atom stereocenters. The monoisotopic (exact) mass is 388 g/mol. The summed E-state index contributed by atoms with van der Waals surface area (Å²) < 4.78 is 2.03. The summed E-state index contributed by atoms with van der Waals surface area (Å²) in [4.78, 5) is 4.49. The van der Waals surface area contributed by atoms with E-state index < -0.39 is 5.60 Å². The van der Waals surface area contributed by atoms with Gasteiger partial charge in [-0.25, -0.2) is 4.98 Å². The molecule has 1 aromatic heterocycles. The Kier molecular flexibility index (Phi) is 4.80. The fraction of sp³-hybridized carbons (Fsp3) is 0.125. The van der Waals surface area contributed by atoms with Crippen LogP contribution in [0.1, 0.15) is 19.4 Å². The van der Waals surface area contributed by atoms with Gasteiger partial charge in [0.15, 0.2) is 0 Å². The van der Waals surface area contributed by atoms with E-state index in [9.17, 15) is 5.11 Å². The number of aliphatic hydroxyl groups is 1. The number of halogens is 1. The SMILES string of the molecule is CC(C)(O)c1cccc(-c2ccc(-n3ccnc3-c3ccccc3Cl)cc2)c1. The Morgan fingerprint density at radius 2 is 1.64 bits per heavy atom. The van der Waals surface area contributed by atoms with Gasteiger partial charge in [-0.15, -0.1) is 0 Å². The van der Waals surface area contributed by atoms with Crippen molar-refractivity contribution in [3.63, 3.8) is 0 Å². The number of aromatic nitrogens is 2. The molecule has 4 aromatic rings. The van der Waals surface area contributed by atoms with E-state index in [1.54, 1.807) is 20.0 Å². The van der Waals surface area contributed by atoms with Crippen molar-refractivity contribution in [3.05, 3.63) is 95.8 Å². The maximum Gasteiger partial charge on any atom is 0.145 e. The molecule has 1 N–H and O–H groups in total. The quantitative estimate of drug-likeness (QED) is 0.459. The summed E-state index contributed by atoms with van der Waals surface area (Å²) in [6.45, 7) is 3.59. The van der Waals surface area contributed by atoms with Crippen LogP contribution in [0.25, 0.3) is 28.2 Å². The van der Waals surface area contributed by atoms with Crippen LogP contribution in [0, 0.1) is 0 Å². The van der Waals surface area contributed by atoms with E-state index in [1.807, 2.05) is 53.2 Å². The van der Waals surface area contributed by atoms with Crippen molar-refractivity contribution in [2.24, 2.45) is 0 Å². The first kappa shape index (κ1) is 18.5. The number of hydrogen-bond acceptors (Lipinski definition) is 2. The lowest BCUT2D eigenvalue weighted by Gasteiger charge is -2.18. The lowest BCUT2D eigenvalue weighted by atomic mass is 9.94. The summed E-state index contributed by atoms with van der Waals surface area (Å²) in [5.41, 5.74) is 4.10. The predicted octanol–water partition coefficient (Wildman–Crippen LogP) is 6.09. The Hall–Kier alpha value is -2.88. The van der Waals surface area contributed by atoms with Crippen molar-refractivity contribution in [3.8, 4) is 28.2 Å². The minimum atomic E-state index is -0.864. The molecule has 4 rings (SSSR count). The van der Waals surface area contributed by atoms with E-state index in [4.69, 9.17) is 11.6 Å². The van der Waals surface area contributed by atoms with Gasteiger partial charge in [-0.2, -0.15) is 0 Å². The Balaban J connectivity index is 1.69. The Morgan fingerprint density at radius 1 is 0.893 bits per heavy atom. The van der Waals surface area contributed by atoms with Gasteiger partial charge in [-0.1, -0.05) is 54.1 Å². The second-order valence-electron chi connectivity index (χ2n) is 7.29. The van der Waals surface area contributed by atoms with Crippen molar-refractivity contribution in [1.82, 2.24) is 9.55 Å². The van der Waals surface area contributed by atoms with E-state index >= 15 is 0 Å². The van der Waals surface area contributed by atoms with Crippen LogP contribution in [-0.2, 0) is 5.60 Å². The topological polar surface area (TPSA) is 38.0 Å². The maximum absolute atomic E-state index is 10.3. The van der Waals surface area contributed by atoms with Gasteiger partial charge in [-0.05, 0) is 60.9 Å². The summed E-state index contributed by atoms with van der Waals surface area (Å²) in [6.07, 6.45) is 3.71. The first-order valence-corrected chi connectivity index (χ1v) is 9.53. The van der Waals surface area contributed by atoms with Crippen LogP contribution < -0.4 is 0 Å². The number of imidazole rings is 1. The zero-order chi connectivity index (χ0) is 19.7. The van der Waals surface area contributed by atoms with Gasteiger partial charge >= 0.3 is 0 Å². The van der Waals surface area contributed by atoms with Crippen LogP contribution >= 0.6 is 11.6 Å². The second-order valence-corrected chi connectivity index (χ2v) is 7.69. The Morgan fingerprint density at radius 3 is 2.36 bits per heavy atom. The zero-order valence-electron chi connectivity index (χ0n) is 15.8. The van der Waals surface area contributed by atoms with E-state index in [1.165, 1.54) is 0 Å². The van der Waals surface area contributed by atoms with Gasteiger partial charge in [0.1, 0.15) is 5.82 Å². The average molecular weight is 389 g/mol. The third-order valence-corrected chi connectivity index (χ3v) is 5.13. The summed E-state index contributed by atoms with van der Waals surface area (Å²) >= 11 is 6.36. The van der Waals surface area contributed by atoms with Gasteiger partial charge < -0.3 is 5.11 Å². The molecular formula is C24H21ClN2O. The smallest absolute Gasteiger partial charge is 0.145 e. The standard InChI is InChI=1S/C24H21ClN2O/c1-24(2,28)19-7-5-6-18(16-19)17-10-12-20(13-11-17)27-15-14-26-23(27)21-8-3-4-9-22(21)25/h3-16,28H,1-2H3. The van der Waals surface area contributed by atoms with E-state index in [0.717, 1.165) is 33.8 Å². The predicted molar refractivity (Wildman–Crippen MR) is 115 cm³/mol. The molecule has 3 aromatic carbocycles. The van der Waals surface area contributed by atoms with E-state index in [0.29, 0.717) is 5.02 Å². The van der Waals surface area contributed by atoms with Crippen molar-refractivity contribution >= 4 is 11.6 Å². The molecule has 140 valence electrons. The van der Waals surface area contributed by atoms with Crippen molar-refractivity contribution in [1.29, 1.82) is 0 Å². The first-order valence-electron chi connectivity index (χ1n) is 9.15. The average Bonchev–Trinajstić information content (AvgIpc) is 3.17. The minimum Gasteiger partial charge on any atom is -0.386 e.